The van der Waals surface area contributed by atoms with Crippen molar-refractivity contribution in [3.63, 3.8) is 0 Å². The summed E-state index contributed by atoms with van der Waals surface area (Å²) in [6.45, 7) is 19.9. The summed E-state index contributed by atoms with van der Waals surface area (Å²) >= 11 is 0. The van der Waals surface area contributed by atoms with E-state index in [2.05, 4.69) is 66.9 Å². The molecule has 6 rings (SSSR count). The summed E-state index contributed by atoms with van der Waals surface area (Å²) < 4.78 is 25.7. The first-order valence-electron chi connectivity index (χ1n) is 18.1. The number of fused-ring (bicyclic) bond motifs is 3. The second-order valence-electron chi connectivity index (χ2n) is 17.7. The van der Waals surface area contributed by atoms with Crippen molar-refractivity contribution in [3.8, 4) is 0 Å². The standard InChI is InChI=1S/C38H63NO6/c1-24(2)25(3)33(4)14-15-35(6)26-10-11-29-34(5)21-44-23-38(29,27(26)12-13-36(35,7)30(33)32(40)41)20-28(42-9)31(34)45-22-37(39-8)16-18-43-19-17-37/h12,24-26,28-31,39H,10-11,13-23H2,1-9H3,(H,40,41)/t25-,26+,28-,29+,30-,31+,33-,34+,35-,36+,38+/m1/s1. The van der Waals surface area contributed by atoms with Gasteiger partial charge in [0.25, 0.3) is 0 Å². The van der Waals surface area contributed by atoms with Gasteiger partial charge in [-0.25, -0.2) is 0 Å². The molecule has 0 aromatic heterocycles. The third kappa shape index (κ3) is 4.70. The van der Waals surface area contributed by atoms with E-state index in [9.17, 15) is 9.90 Å². The van der Waals surface area contributed by atoms with Crippen LogP contribution in [0.5, 0.6) is 0 Å². The molecule has 11 atom stereocenters. The molecule has 2 heterocycles. The second kappa shape index (κ2) is 11.6. The minimum atomic E-state index is -0.600. The summed E-state index contributed by atoms with van der Waals surface area (Å²) in [5, 5.41) is 14.6. The van der Waals surface area contributed by atoms with Crippen LogP contribution in [0, 0.1) is 56.7 Å². The van der Waals surface area contributed by atoms with Gasteiger partial charge in [-0.2, -0.15) is 0 Å². The van der Waals surface area contributed by atoms with E-state index < -0.39 is 5.97 Å². The Morgan fingerprint density at radius 1 is 1.02 bits per heavy atom. The predicted octanol–water partition coefficient (Wildman–Crippen LogP) is 6.74. The fraction of sp³-hybridized carbons (Fsp3) is 0.921. The lowest BCUT2D eigenvalue weighted by Crippen LogP contribution is -2.70. The topological polar surface area (TPSA) is 86.2 Å². The van der Waals surface area contributed by atoms with Gasteiger partial charge < -0.3 is 29.4 Å². The normalized spacial score (nSPS) is 48.0. The van der Waals surface area contributed by atoms with Crippen LogP contribution in [0.1, 0.15) is 99.8 Å². The third-order valence-corrected chi connectivity index (χ3v) is 15.9. The number of ether oxygens (including phenoxy) is 4. The number of carboxylic acids is 1. The van der Waals surface area contributed by atoms with E-state index in [4.69, 9.17) is 18.9 Å². The molecule has 2 N–H and O–H groups in total. The number of methoxy groups -OCH3 is 1. The van der Waals surface area contributed by atoms with E-state index in [1.165, 1.54) is 0 Å². The Bertz CT molecular complexity index is 1160. The highest BCUT2D eigenvalue weighted by Gasteiger charge is 2.71. The number of rotatable bonds is 8. The van der Waals surface area contributed by atoms with Gasteiger partial charge in [0, 0.05) is 36.7 Å². The molecule has 0 aromatic carbocycles. The summed E-state index contributed by atoms with van der Waals surface area (Å²) in [6.07, 6.45) is 10.4. The Balaban J connectivity index is 1.36. The lowest BCUT2D eigenvalue weighted by Gasteiger charge is -2.71. The molecule has 3 saturated carbocycles. The summed E-state index contributed by atoms with van der Waals surface area (Å²) in [5.41, 5.74) is 0.623. The molecule has 0 aromatic rings. The van der Waals surface area contributed by atoms with Crippen molar-refractivity contribution in [1.29, 1.82) is 0 Å². The molecule has 4 aliphatic carbocycles. The van der Waals surface area contributed by atoms with Gasteiger partial charge in [-0.1, -0.05) is 60.1 Å². The average Bonchev–Trinajstić information content (AvgIpc) is 3.00. The zero-order valence-corrected chi connectivity index (χ0v) is 29.8. The van der Waals surface area contributed by atoms with Gasteiger partial charge in [-0.3, -0.25) is 4.79 Å². The number of carboxylic acid groups (broad SMARTS) is 1. The molecule has 7 nitrogen and oxygen atoms in total. The second-order valence-corrected chi connectivity index (χ2v) is 17.7. The van der Waals surface area contributed by atoms with E-state index in [1.54, 1.807) is 5.57 Å². The van der Waals surface area contributed by atoms with E-state index in [0.29, 0.717) is 36.9 Å². The van der Waals surface area contributed by atoms with E-state index >= 15 is 0 Å². The molecule has 5 fully saturated rings. The Hall–Kier alpha value is -0.990. The number of hydrogen-bond donors (Lipinski definition) is 2. The summed E-state index contributed by atoms with van der Waals surface area (Å²) in [7, 11) is 3.92. The molecule has 256 valence electrons. The Morgan fingerprint density at radius 2 is 1.73 bits per heavy atom. The number of allylic oxidation sites excluding steroid dienone is 1. The number of hydrogen-bond acceptors (Lipinski definition) is 6. The zero-order valence-electron chi connectivity index (χ0n) is 29.8. The molecule has 0 unspecified atom stereocenters. The SMILES string of the molecule is CNC1(CO[C@H]2[C@H](OC)C[C@@]34COC[C@@]2(C)[C@@H]3CC[C@H]2C4=CC[C@@]3(C)[C@H](C(=O)O)[C@@](C)([C@H](C)C(C)C)CC[C@]23C)CCOCC1. The Kier molecular flexibility index (Phi) is 8.71. The van der Waals surface area contributed by atoms with Gasteiger partial charge in [-0.05, 0) is 98.3 Å². The summed E-state index contributed by atoms with van der Waals surface area (Å²) in [6, 6.07) is 0. The van der Waals surface area contributed by atoms with Crippen molar-refractivity contribution in [1.82, 2.24) is 5.32 Å². The quantitative estimate of drug-likeness (QED) is 0.288. The zero-order chi connectivity index (χ0) is 32.6. The first kappa shape index (κ1) is 33.9. The van der Waals surface area contributed by atoms with Gasteiger partial charge in [0.1, 0.15) is 0 Å². The van der Waals surface area contributed by atoms with Crippen molar-refractivity contribution >= 4 is 5.97 Å². The van der Waals surface area contributed by atoms with Crippen LogP contribution in [0.15, 0.2) is 11.6 Å². The maximum atomic E-state index is 13.4. The van der Waals surface area contributed by atoms with Crippen molar-refractivity contribution in [3.05, 3.63) is 11.6 Å². The van der Waals surface area contributed by atoms with Crippen LogP contribution >= 0.6 is 0 Å². The van der Waals surface area contributed by atoms with Crippen LogP contribution < -0.4 is 5.32 Å². The van der Waals surface area contributed by atoms with Crippen LogP contribution in [-0.4, -0.2) is 76.0 Å². The maximum Gasteiger partial charge on any atom is 0.307 e. The predicted molar refractivity (Wildman–Crippen MR) is 176 cm³/mol. The van der Waals surface area contributed by atoms with Crippen molar-refractivity contribution in [2.24, 2.45) is 56.7 Å². The monoisotopic (exact) mass is 629 g/mol. The summed E-state index contributed by atoms with van der Waals surface area (Å²) in [5.74, 6) is 0.635. The molecule has 7 heteroatoms. The van der Waals surface area contributed by atoms with Crippen LogP contribution in [-0.2, 0) is 23.7 Å². The molecular formula is C38H63NO6. The van der Waals surface area contributed by atoms with Gasteiger partial charge in [0.15, 0.2) is 0 Å². The molecule has 2 bridgehead atoms. The maximum absolute atomic E-state index is 13.4. The third-order valence-electron chi connectivity index (χ3n) is 15.9. The number of likely N-dealkylation sites (N-methyl/N-ethyl adjacent to an activating group) is 1. The lowest BCUT2D eigenvalue weighted by molar-refractivity contribution is -0.270. The molecule has 0 amide bonds. The Morgan fingerprint density at radius 3 is 2.36 bits per heavy atom. The lowest BCUT2D eigenvalue weighted by atomic mass is 9.34. The molecule has 2 aliphatic heterocycles. The highest BCUT2D eigenvalue weighted by Crippen LogP contribution is 2.75. The first-order chi connectivity index (χ1) is 21.2. The van der Waals surface area contributed by atoms with Gasteiger partial charge in [-0.15, -0.1) is 0 Å². The minimum Gasteiger partial charge on any atom is -0.481 e. The molecule has 2 saturated heterocycles. The fourth-order valence-corrected chi connectivity index (χ4v) is 12.6. The molecule has 6 aliphatic rings. The number of nitrogens with one attached hydrogen (secondary N) is 1. The van der Waals surface area contributed by atoms with E-state index in [-0.39, 0.29) is 50.7 Å². The van der Waals surface area contributed by atoms with Gasteiger partial charge in [0.2, 0.25) is 0 Å². The first-order valence-corrected chi connectivity index (χ1v) is 18.1. The smallest absolute Gasteiger partial charge is 0.307 e. The number of aliphatic carboxylic acids is 1. The van der Waals surface area contributed by atoms with Crippen LogP contribution in [0.2, 0.25) is 0 Å². The molecule has 0 spiro atoms. The molecular weight excluding hydrogens is 566 g/mol. The fourth-order valence-electron chi connectivity index (χ4n) is 12.6. The van der Waals surface area contributed by atoms with Crippen molar-refractivity contribution in [2.75, 3.05) is 47.2 Å². The average molecular weight is 630 g/mol. The van der Waals surface area contributed by atoms with Gasteiger partial charge >= 0.3 is 5.97 Å². The largest absolute Gasteiger partial charge is 0.481 e. The van der Waals surface area contributed by atoms with E-state index in [0.717, 1.165) is 71.2 Å². The van der Waals surface area contributed by atoms with Gasteiger partial charge in [0.05, 0.1) is 37.9 Å². The highest BCUT2D eigenvalue weighted by atomic mass is 16.5. The number of carbonyl (C=O) groups is 1. The highest BCUT2D eigenvalue weighted by molar-refractivity contribution is 5.73. The molecule has 0 radical (unpaired) electrons. The van der Waals surface area contributed by atoms with E-state index in [1.807, 2.05) is 7.11 Å². The van der Waals surface area contributed by atoms with Crippen molar-refractivity contribution < 1.29 is 28.8 Å². The van der Waals surface area contributed by atoms with Crippen LogP contribution in [0.3, 0.4) is 0 Å². The minimum absolute atomic E-state index is 0.0158. The molecule has 45 heavy (non-hydrogen) atoms. The van der Waals surface area contributed by atoms with Crippen LogP contribution in [0.25, 0.3) is 0 Å². The van der Waals surface area contributed by atoms with Crippen molar-refractivity contribution in [2.45, 2.75) is 118 Å². The summed E-state index contributed by atoms with van der Waals surface area (Å²) in [4.78, 5) is 13.4. The van der Waals surface area contributed by atoms with Crippen LogP contribution in [0.4, 0.5) is 0 Å². The Labute approximate surface area is 272 Å².